The summed E-state index contributed by atoms with van der Waals surface area (Å²) < 4.78 is 5.61. The Balaban J connectivity index is 0. The Kier molecular flexibility index (Phi) is 25.3. The van der Waals surface area contributed by atoms with Crippen molar-refractivity contribution in [2.24, 2.45) is 11.5 Å². The Morgan fingerprint density at radius 2 is 1.13 bits per heavy atom. The standard InChI is InChI=1S/C18H37NO.C9H21NO/c1-2-3-4-5-6-7-8-9-10-11-12-13-14-15-16-17-18(19)20;1-5-8(10)9(4,6-2)11-7-3/h2-17H2,1H3,(H2,19,20);8H,5-7,10H2,1-4H3. The molecule has 0 aromatic carbocycles. The Morgan fingerprint density at radius 1 is 0.742 bits per heavy atom. The fraction of sp³-hybridized carbons (Fsp3) is 0.963. The van der Waals surface area contributed by atoms with Gasteiger partial charge in [0, 0.05) is 19.1 Å². The number of ether oxygens (including phenoxy) is 1. The van der Waals surface area contributed by atoms with Crippen molar-refractivity contribution in [1.82, 2.24) is 0 Å². The van der Waals surface area contributed by atoms with Crippen molar-refractivity contribution in [2.45, 2.75) is 162 Å². The first kappa shape index (κ1) is 32.6. The topological polar surface area (TPSA) is 78.3 Å². The van der Waals surface area contributed by atoms with E-state index in [9.17, 15) is 4.79 Å². The SMILES string of the molecule is CCCCCCCCCCCCCCCCCC(N)=O.CCOC(C)(CC)C(N)CC. The van der Waals surface area contributed by atoms with Crippen LogP contribution in [0.15, 0.2) is 0 Å². The third-order valence-electron chi connectivity index (χ3n) is 6.43. The van der Waals surface area contributed by atoms with Crippen LogP contribution in [-0.4, -0.2) is 24.2 Å². The lowest BCUT2D eigenvalue weighted by atomic mass is 9.92. The fourth-order valence-corrected chi connectivity index (χ4v) is 3.90. The van der Waals surface area contributed by atoms with Gasteiger partial charge in [-0.25, -0.2) is 0 Å². The molecule has 1 amide bonds. The first-order valence-corrected chi connectivity index (χ1v) is 13.6. The average molecular weight is 443 g/mol. The predicted octanol–water partition coefficient (Wildman–Crippen LogP) is 7.66. The first-order chi connectivity index (χ1) is 14.9. The predicted molar refractivity (Wildman–Crippen MR) is 137 cm³/mol. The molecule has 0 aromatic rings. The highest BCUT2D eigenvalue weighted by Gasteiger charge is 2.28. The number of hydrogen-bond acceptors (Lipinski definition) is 3. The van der Waals surface area contributed by atoms with E-state index in [0.717, 1.165) is 25.9 Å². The molecule has 0 radical (unpaired) electrons. The number of hydrogen-bond donors (Lipinski definition) is 2. The van der Waals surface area contributed by atoms with E-state index >= 15 is 0 Å². The molecule has 0 fully saturated rings. The summed E-state index contributed by atoms with van der Waals surface area (Å²) >= 11 is 0. The van der Waals surface area contributed by atoms with Gasteiger partial charge in [0.05, 0.1) is 5.60 Å². The largest absolute Gasteiger partial charge is 0.374 e. The van der Waals surface area contributed by atoms with Crippen LogP contribution in [0.5, 0.6) is 0 Å². The van der Waals surface area contributed by atoms with Gasteiger partial charge >= 0.3 is 0 Å². The van der Waals surface area contributed by atoms with E-state index < -0.39 is 0 Å². The second kappa shape index (κ2) is 24.0. The molecule has 4 heteroatoms. The molecule has 0 aliphatic heterocycles. The summed E-state index contributed by atoms with van der Waals surface area (Å²) in [6.45, 7) is 11.3. The smallest absolute Gasteiger partial charge is 0.217 e. The molecule has 4 N–H and O–H groups in total. The highest BCUT2D eigenvalue weighted by Crippen LogP contribution is 2.20. The van der Waals surface area contributed by atoms with Gasteiger partial charge in [0.2, 0.25) is 5.91 Å². The van der Waals surface area contributed by atoms with Crippen molar-refractivity contribution in [1.29, 1.82) is 0 Å². The molecular weight excluding hydrogens is 384 g/mol. The number of carbonyl (C=O) groups is 1. The van der Waals surface area contributed by atoms with Crippen LogP contribution in [0.2, 0.25) is 0 Å². The Labute approximate surface area is 195 Å². The number of amides is 1. The third kappa shape index (κ3) is 22.4. The number of carbonyl (C=O) groups excluding carboxylic acids is 1. The van der Waals surface area contributed by atoms with Crippen molar-refractivity contribution < 1.29 is 9.53 Å². The highest BCUT2D eigenvalue weighted by atomic mass is 16.5. The van der Waals surface area contributed by atoms with Crippen LogP contribution in [-0.2, 0) is 9.53 Å². The van der Waals surface area contributed by atoms with Crippen molar-refractivity contribution in [3.05, 3.63) is 0 Å². The molecule has 0 aliphatic carbocycles. The molecule has 0 spiro atoms. The maximum absolute atomic E-state index is 10.6. The molecule has 0 heterocycles. The zero-order valence-electron chi connectivity index (χ0n) is 22.0. The zero-order valence-corrected chi connectivity index (χ0v) is 22.0. The Hall–Kier alpha value is -0.610. The summed E-state index contributed by atoms with van der Waals surface area (Å²) in [7, 11) is 0. The molecule has 4 nitrogen and oxygen atoms in total. The number of primary amides is 1. The van der Waals surface area contributed by atoms with Gasteiger partial charge in [0.15, 0.2) is 0 Å². The Morgan fingerprint density at radius 3 is 1.42 bits per heavy atom. The molecular formula is C27H58N2O2. The number of rotatable bonds is 21. The minimum Gasteiger partial charge on any atom is -0.374 e. The maximum atomic E-state index is 10.6. The van der Waals surface area contributed by atoms with Gasteiger partial charge in [-0.05, 0) is 33.1 Å². The second-order valence-electron chi connectivity index (χ2n) is 9.28. The van der Waals surface area contributed by atoms with Gasteiger partial charge < -0.3 is 16.2 Å². The van der Waals surface area contributed by atoms with E-state index in [-0.39, 0.29) is 17.6 Å². The van der Waals surface area contributed by atoms with Crippen LogP contribution in [0.25, 0.3) is 0 Å². The van der Waals surface area contributed by atoms with Crippen LogP contribution in [0.1, 0.15) is 150 Å². The van der Waals surface area contributed by atoms with E-state index in [1.165, 1.54) is 89.9 Å². The fourth-order valence-electron chi connectivity index (χ4n) is 3.90. The lowest BCUT2D eigenvalue weighted by Crippen LogP contribution is -2.46. The molecule has 0 rings (SSSR count). The van der Waals surface area contributed by atoms with Crippen LogP contribution < -0.4 is 11.5 Å². The monoisotopic (exact) mass is 442 g/mol. The lowest BCUT2D eigenvalue weighted by molar-refractivity contribution is -0.118. The normalized spacial score (nSPS) is 13.9. The van der Waals surface area contributed by atoms with Gasteiger partial charge in [-0.1, -0.05) is 111 Å². The third-order valence-corrected chi connectivity index (χ3v) is 6.43. The minimum atomic E-state index is -0.153. The van der Waals surface area contributed by atoms with E-state index in [2.05, 4.69) is 27.7 Å². The molecule has 2 unspecified atom stereocenters. The molecule has 0 saturated carbocycles. The summed E-state index contributed by atoms with van der Waals surface area (Å²) in [6, 6.07) is 0.160. The summed E-state index contributed by atoms with van der Waals surface area (Å²) in [4.78, 5) is 10.6. The van der Waals surface area contributed by atoms with Gasteiger partial charge in [0.25, 0.3) is 0 Å². The van der Waals surface area contributed by atoms with E-state index in [1.54, 1.807) is 0 Å². The van der Waals surface area contributed by atoms with Gasteiger partial charge in [-0.15, -0.1) is 0 Å². The molecule has 0 saturated heterocycles. The molecule has 31 heavy (non-hydrogen) atoms. The van der Waals surface area contributed by atoms with Crippen molar-refractivity contribution in [3.63, 3.8) is 0 Å². The first-order valence-electron chi connectivity index (χ1n) is 13.6. The number of nitrogens with two attached hydrogens (primary N) is 2. The molecule has 0 aliphatic rings. The van der Waals surface area contributed by atoms with Crippen molar-refractivity contribution in [3.8, 4) is 0 Å². The van der Waals surface area contributed by atoms with Crippen LogP contribution in [0.3, 0.4) is 0 Å². The van der Waals surface area contributed by atoms with E-state index in [1.807, 2.05) is 6.92 Å². The minimum absolute atomic E-state index is 0.122. The van der Waals surface area contributed by atoms with Crippen LogP contribution in [0.4, 0.5) is 0 Å². The van der Waals surface area contributed by atoms with Crippen LogP contribution in [0, 0.1) is 0 Å². The quantitative estimate of drug-likeness (QED) is 0.179. The van der Waals surface area contributed by atoms with Crippen LogP contribution >= 0.6 is 0 Å². The van der Waals surface area contributed by atoms with E-state index in [0.29, 0.717) is 6.42 Å². The molecule has 188 valence electrons. The number of unbranched alkanes of at least 4 members (excludes halogenated alkanes) is 14. The molecule has 0 aromatic heterocycles. The van der Waals surface area contributed by atoms with Crippen molar-refractivity contribution >= 4 is 5.91 Å². The van der Waals surface area contributed by atoms with Gasteiger partial charge in [-0.2, -0.15) is 0 Å². The van der Waals surface area contributed by atoms with Gasteiger partial charge in [0.1, 0.15) is 0 Å². The average Bonchev–Trinajstić information content (AvgIpc) is 2.76. The summed E-state index contributed by atoms with van der Waals surface area (Å²) in [5, 5.41) is 0. The zero-order chi connectivity index (χ0) is 23.8. The lowest BCUT2D eigenvalue weighted by Gasteiger charge is -2.33. The summed E-state index contributed by atoms with van der Waals surface area (Å²) in [6.07, 6.45) is 22.8. The second-order valence-corrected chi connectivity index (χ2v) is 9.28. The Bertz CT molecular complexity index is 376. The summed E-state index contributed by atoms with van der Waals surface area (Å²) in [5.74, 6) is -0.153. The van der Waals surface area contributed by atoms with Crippen molar-refractivity contribution in [2.75, 3.05) is 6.61 Å². The highest BCUT2D eigenvalue weighted by molar-refractivity contribution is 5.73. The molecule has 0 bridgehead atoms. The summed E-state index contributed by atoms with van der Waals surface area (Å²) in [5.41, 5.74) is 10.9. The van der Waals surface area contributed by atoms with Gasteiger partial charge in [-0.3, -0.25) is 4.79 Å². The van der Waals surface area contributed by atoms with E-state index in [4.69, 9.17) is 16.2 Å². The molecule has 2 atom stereocenters. The maximum Gasteiger partial charge on any atom is 0.217 e.